The van der Waals surface area contributed by atoms with E-state index in [1.165, 1.54) is 0 Å². The van der Waals surface area contributed by atoms with E-state index in [1.807, 2.05) is 24.3 Å². The minimum Gasteiger partial charge on any atom is -0.354 e. The lowest BCUT2D eigenvalue weighted by Crippen LogP contribution is -2.49. The van der Waals surface area contributed by atoms with E-state index in [0.29, 0.717) is 13.0 Å². The first-order chi connectivity index (χ1) is 9.00. The van der Waals surface area contributed by atoms with Crippen LogP contribution in [0.25, 0.3) is 0 Å². The zero-order valence-corrected chi connectivity index (χ0v) is 14.5. The minimum absolute atomic E-state index is 0. The van der Waals surface area contributed by atoms with Crippen molar-refractivity contribution in [3.63, 3.8) is 0 Å². The number of aryl methyl sites for hydroxylation is 1. The van der Waals surface area contributed by atoms with Crippen molar-refractivity contribution >= 4 is 34.2 Å². The molecule has 0 unspecified atom stereocenters. The van der Waals surface area contributed by atoms with Gasteiger partial charge in [0.25, 0.3) is 0 Å². The van der Waals surface area contributed by atoms with Gasteiger partial charge in [0.2, 0.25) is 5.91 Å². The summed E-state index contributed by atoms with van der Waals surface area (Å²) >= 11 is 3.49. The molecular weight excluding hydrogens is 340 g/mol. The summed E-state index contributed by atoms with van der Waals surface area (Å²) in [5.74, 6) is 0.0625. The fourth-order valence-electron chi connectivity index (χ4n) is 1.81. The van der Waals surface area contributed by atoms with Gasteiger partial charge in [0.1, 0.15) is 0 Å². The van der Waals surface area contributed by atoms with Crippen LogP contribution in [0.15, 0.2) is 28.7 Å². The molecule has 0 bridgehead atoms. The average Bonchev–Trinajstić information content (AvgIpc) is 2.44. The number of nitrogens with two attached hydrogens (primary N) is 1. The van der Waals surface area contributed by atoms with Crippen LogP contribution in [0.1, 0.15) is 38.7 Å². The molecule has 0 saturated heterocycles. The largest absolute Gasteiger partial charge is 0.354 e. The number of rotatable bonds is 7. The van der Waals surface area contributed by atoms with Crippen LogP contribution < -0.4 is 11.1 Å². The standard InChI is InChI=1S/C15H23BrN2O.ClH/c1-3-15(17,4-2)11-18-14(19)10-9-12-7-5-6-8-13(12)16;/h5-8H,3-4,9-11,17H2,1-2H3,(H,18,19);1H. The third kappa shape index (κ3) is 6.25. The molecule has 20 heavy (non-hydrogen) atoms. The van der Waals surface area contributed by atoms with E-state index in [1.54, 1.807) is 0 Å². The van der Waals surface area contributed by atoms with Gasteiger partial charge in [-0.05, 0) is 30.9 Å². The molecule has 0 radical (unpaired) electrons. The lowest BCUT2D eigenvalue weighted by atomic mass is 9.94. The summed E-state index contributed by atoms with van der Waals surface area (Å²) in [6.45, 7) is 4.66. The van der Waals surface area contributed by atoms with Crippen molar-refractivity contribution < 1.29 is 4.79 Å². The number of carbonyl (C=O) groups excluding carboxylic acids is 1. The maximum Gasteiger partial charge on any atom is 0.220 e. The Kier molecular flexibility index (Phi) is 9.10. The van der Waals surface area contributed by atoms with Crippen molar-refractivity contribution in [3.05, 3.63) is 34.3 Å². The van der Waals surface area contributed by atoms with E-state index in [2.05, 4.69) is 35.1 Å². The molecule has 0 atom stereocenters. The van der Waals surface area contributed by atoms with E-state index >= 15 is 0 Å². The van der Waals surface area contributed by atoms with Crippen LogP contribution in [-0.4, -0.2) is 18.0 Å². The van der Waals surface area contributed by atoms with Gasteiger partial charge in [-0.2, -0.15) is 0 Å². The lowest BCUT2D eigenvalue weighted by Gasteiger charge is -2.26. The highest BCUT2D eigenvalue weighted by Gasteiger charge is 2.20. The molecule has 1 aromatic carbocycles. The first-order valence-corrected chi connectivity index (χ1v) is 7.59. The molecule has 0 heterocycles. The van der Waals surface area contributed by atoms with Gasteiger partial charge in [-0.15, -0.1) is 12.4 Å². The van der Waals surface area contributed by atoms with E-state index in [4.69, 9.17) is 5.73 Å². The molecule has 0 aliphatic heterocycles. The quantitative estimate of drug-likeness (QED) is 0.779. The zero-order valence-electron chi connectivity index (χ0n) is 12.1. The second-order valence-electron chi connectivity index (χ2n) is 4.94. The Balaban J connectivity index is 0.00000361. The summed E-state index contributed by atoms with van der Waals surface area (Å²) in [4.78, 5) is 11.8. The van der Waals surface area contributed by atoms with E-state index in [0.717, 1.165) is 29.3 Å². The van der Waals surface area contributed by atoms with Gasteiger partial charge in [0.05, 0.1) is 0 Å². The van der Waals surface area contributed by atoms with Crippen molar-refractivity contribution in [2.45, 2.75) is 45.1 Å². The molecule has 0 spiro atoms. The molecule has 1 amide bonds. The third-order valence-corrected chi connectivity index (χ3v) is 4.40. The van der Waals surface area contributed by atoms with E-state index in [9.17, 15) is 4.79 Å². The summed E-state index contributed by atoms with van der Waals surface area (Å²) in [5, 5.41) is 2.94. The third-order valence-electron chi connectivity index (χ3n) is 3.63. The number of amides is 1. The van der Waals surface area contributed by atoms with Gasteiger partial charge in [0.15, 0.2) is 0 Å². The first-order valence-electron chi connectivity index (χ1n) is 6.79. The SMILES string of the molecule is CCC(N)(CC)CNC(=O)CCc1ccccc1Br.Cl. The molecule has 0 saturated carbocycles. The van der Waals surface area contributed by atoms with Crippen molar-refractivity contribution in [3.8, 4) is 0 Å². The van der Waals surface area contributed by atoms with Crippen LogP contribution >= 0.6 is 28.3 Å². The topological polar surface area (TPSA) is 55.1 Å². The highest BCUT2D eigenvalue weighted by molar-refractivity contribution is 9.10. The fraction of sp³-hybridized carbons (Fsp3) is 0.533. The number of carbonyl (C=O) groups is 1. The Morgan fingerprint density at radius 1 is 1.30 bits per heavy atom. The monoisotopic (exact) mass is 362 g/mol. The predicted molar refractivity (Wildman–Crippen MR) is 90.2 cm³/mol. The average molecular weight is 364 g/mol. The van der Waals surface area contributed by atoms with Crippen LogP contribution in [0.4, 0.5) is 0 Å². The molecule has 0 aliphatic carbocycles. The fourth-order valence-corrected chi connectivity index (χ4v) is 2.30. The number of benzene rings is 1. The Hall–Kier alpha value is -0.580. The Bertz CT molecular complexity index is 422. The predicted octanol–water partition coefficient (Wildman–Crippen LogP) is 3.44. The van der Waals surface area contributed by atoms with Gasteiger partial charge < -0.3 is 11.1 Å². The van der Waals surface area contributed by atoms with Gasteiger partial charge in [0, 0.05) is 23.0 Å². The van der Waals surface area contributed by atoms with Crippen LogP contribution in [-0.2, 0) is 11.2 Å². The van der Waals surface area contributed by atoms with Gasteiger partial charge in [-0.25, -0.2) is 0 Å². The van der Waals surface area contributed by atoms with Crippen molar-refractivity contribution in [2.24, 2.45) is 5.73 Å². The second-order valence-corrected chi connectivity index (χ2v) is 5.79. The molecule has 1 aromatic rings. The van der Waals surface area contributed by atoms with Gasteiger partial charge >= 0.3 is 0 Å². The van der Waals surface area contributed by atoms with Crippen LogP contribution in [0, 0.1) is 0 Å². The number of hydrogen-bond acceptors (Lipinski definition) is 2. The van der Waals surface area contributed by atoms with Crippen molar-refractivity contribution in [1.82, 2.24) is 5.32 Å². The zero-order chi connectivity index (χ0) is 14.3. The second kappa shape index (κ2) is 9.37. The summed E-state index contributed by atoms with van der Waals surface area (Å²) in [6, 6.07) is 7.98. The molecule has 114 valence electrons. The maximum absolute atomic E-state index is 11.8. The molecule has 3 nitrogen and oxygen atoms in total. The van der Waals surface area contributed by atoms with E-state index in [-0.39, 0.29) is 23.9 Å². The molecule has 3 N–H and O–H groups in total. The minimum atomic E-state index is -0.275. The maximum atomic E-state index is 11.8. The number of halogens is 2. The summed E-state index contributed by atoms with van der Waals surface area (Å²) < 4.78 is 1.05. The van der Waals surface area contributed by atoms with Crippen molar-refractivity contribution in [1.29, 1.82) is 0 Å². The normalized spacial score (nSPS) is 10.8. The van der Waals surface area contributed by atoms with Crippen LogP contribution in [0.5, 0.6) is 0 Å². The first kappa shape index (κ1) is 19.4. The van der Waals surface area contributed by atoms with Gasteiger partial charge in [-0.1, -0.05) is 48.0 Å². The van der Waals surface area contributed by atoms with Crippen LogP contribution in [0.2, 0.25) is 0 Å². The lowest BCUT2D eigenvalue weighted by molar-refractivity contribution is -0.121. The number of hydrogen-bond donors (Lipinski definition) is 2. The smallest absolute Gasteiger partial charge is 0.220 e. The number of nitrogens with one attached hydrogen (secondary N) is 1. The summed E-state index contributed by atoms with van der Waals surface area (Å²) in [5.41, 5.74) is 7.03. The Morgan fingerprint density at radius 2 is 1.90 bits per heavy atom. The molecule has 0 aliphatic rings. The van der Waals surface area contributed by atoms with Crippen LogP contribution in [0.3, 0.4) is 0 Å². The molecule has 0 fully saturated rings. The molecular formula is C15H24BrClN2O. The van der Waals surface area contributed by atoms with Gasteiger partial charge in [-0.3, -0.25) is 4.79 Å². The Labute approximate surface area is 136 Å². The van der Waals surface area contributed by atoms with E-state index < -0.39 is 0 Å². The summed E-state index contributed by atoms with van der Waals surface area (Å²) in [7, 11) is 0. The van der Waals surface area contributed by atoms with Crippen molar-refractivity contribution in [2.75, 3.05) is 6.54 Å². The highest BCUT2D eigenvalue weighted by Crippen LogP contribution is 2.17. The molecule has 0 aromatic heterocycles. The molecule has 5 heteroatoms. The highest BCUT2D eigenvalue weighted by atomic mass is 79.9. The molecule has 1 rings (SSSR count). The summed E-state index contributed by atoms with van der Waals surface area (Å²) in [6.07, 6.45) is 2.97. The Morgan fingerprint density at radius 3 is 2.45 bits per heavy atom.